The van der Waals surface area contributed by atoms with Crippen LogP contribution in [0.2, 0.25) is 0 Å². The number of nitrogens with zero attached hydrogens (tertiary/aromatic N) is 3. The first-order valence-corrected chi connectivity index (χ1v) is 9.76. The molecule has 10 heteroatoms. The fourth-order valence-electron chi connectivity index (χ4n) is 4.46. The molecule has 4 rings (SSSR count). The topological polar surface area (TPSA) is 139 Å². The Morgan fingerprint density at radius 1 is 1.23 bits per heavy atom. The van der Waals surface area contributed by atoms with Gasteiger partial charge in [0.15, 0.2) is 0 Å². The number of nitrogens with one attached hydrogen (secondary N) is 2. The van der Waals surface area contributed by atoms with Gasteiger partial charge in [0.25, 0.3) is 6.47 Å². The molecular weight excluding hydrogens is 390 g/mol. The summed E-state index contributed by atoms with van der Waals surface area (Å²) in [7, 11) is 0. The molecule has 2 aromatic rings. The van der Waals surface area contributed by atoms with Crippen molar-refractivity contribution in [2.75, 3.05) is 19.6 Å². The molecule has 3 N–H and O–H groups in total. The van der Waals surface area contributed by atoms with Crippen LogP contribution in [0.5, 0.6) is 0 Å². The molecule has 3 heterocycles. The number of likely N-dealkylation sites (tertiary alicyclic amines) is 2. The predicted octanol–water partition coefficient (Wildman–Crippen LogP) is 0.409. The first-order chi connectivity index (χ1) is 14.4. The van der Waals surface area contributed by atoms with Crippen molar-refractivity contribution in [1.29, 1.82) is 0 Å². The van der Waals surface area contributed by atoms with E-state index in [9.17, 15) is 14.4 Å². The molecule has 30 heavy (non-hydrogen) atoms. The van der Waals surface area contributed by atoms with E-state index in [4.69, 9.17) is 9.90 Å². The molecule has 2 aliphatic rings. The maximum atomic E-state index is 12.6. The lowest BCUT2D eigenvalue weighted by Gasteiger charge is -2.29. The van der Waals surface area contributed by atoms with E-state index in [1.54, 1.807) is 6.92 Å². The minimum atomic E-state index is -0.358. The lowest BCUT2D eigenvalue weighted by atomic mass is 9.89. The molecule has 1 aromatic carbocycles. The summed E-state index contributed by atoms with van der Waals surface area (Å²) in [5.74, 6) is 1.20. The smallest absolute Gasteiger partial charge is 0.340 e. The Hall–Kier alpha value is -3.43. The average Bonchev–Trinajstić information content (AvgIpc) is 3.41. The zero-order valence-electron chi connectivity index (χ0n) is 16.7. The van der Waals surface area contributed by atoms with Crippen molar-refractivity contribution in [3.05, 3.63) is 52.2 Å². The molecule has 10 nitrogen and oxygen atoms in total. The van der Waals surface area contributed by atoms with Gasteiger partial charge in [-0.1, -0.05) is 30.3 Å². The maximum absolute atomic E-state index is 12.6. The van der Waals surface area contributed by atoms with E-state index in [1.807, 2.05) is 28.0 Å². The third kappa shape index (κ3) is 4.58. The van der Waals surface area contributed by atoms with E-state index in [0.29, 0.717) is 44.2 Å². The molecule has 2 fully saturated rings. The number of carbonyl (C=O) groups is 3. The second kappa shape index (κ2) is 9.38. The van der Waals surface area contributed by atoms with Crippen molar-refractivity contribution in [2.24, 2.45) is 11.8 Å². The highest BCUT2D eigenvalue weighted by Gasteiger charge is 2.49. The van der Waals surface area contributed by atoms with Gasteiger partial charge in [-0.3, -0.25) is 19.4 Å². The molecule has 0 unspecified atom stereocenters. The van der Waals surface area contributed by atoms with Crippen LogP contribution in [0.25, 0.3) is 0 Å². The molecule has 0 saturated carbocycles. The number of aryl methyl sites for hydroxylation is 1. The van der Waals surface area contributed by atoms with Crippen LogP contribution in [0, 0.1) is 11.8 Å². The van der Waals surface area contributed by atoms with Crippen LogP contribution < -0.4 is 5.69 Å². The number of H-pyrrole nitrogens is 2. The molecule has 2 amide bonds. The summed E-state index contributed by atoms with van der Waals surface area (Å²) in [6.45, 7) is 3.39. The first kappa shape index (κ1) is 21.3. The van der Waals surface area contributed by atoms with E-state index >= 15 is 0 Å². The molecule has 160 valence electrons. The van der Waals surface area contributed by atoms with Crippen molar-refractivity contribution in [3.63, 3.8) is 0 Å². The number of fused-ring (bicyclic) bond motifs is 1. The third-order valence-electron chi connectivity index (χ3n) is 5.69. The summed E-state index contributed by atoms with van der Waals surface area (Å²) >= 11 is 0. The Bertz CT molecular complexity index is 940. The van der Waals surface area contributed by atoms with Gasteiger partial charge in [0.05, 0.1) is 6.04 Å². The summed E-state index contributed by atoms with van der Waals surface area (Å²) in [6.07, 6.45) is 0.720. The summed E-state index contributed by atoms with van der Waals surface area (Å²) in [6, 6.07) is 10.1. The van der Waals surface area contributed by atoms with E-state index in [1.165, 1.54) is 0 Å². The summed E-state index contributed by atoms with van der Waals surface area (Å²) in [4.78, 5) is 50.6. The molecule has 2 aliphatic heterocycles. The normalized spacial score (nSPS) is 22.2. The minimum Gasteiger partial charge on any atom is -0.483 e. The van der Waals surface area contributed by atoms with E-state index < -0.39 is 0 Å². The number of rotatable bonds is 4. The number of aromatic amines is 2. The van der Waals surface area contributed by atoms with Gasteiger partial charge in [-0.05, 0) is 5.56 Å². The third-order valence-corrected chi connectivity index (χ3v) is 5.69. The molecule has 1 aromatic heterocycles. The molecule has 0 radical (unpaired) electrons. The van der Waals surface area contributed by atoms with Crippen LogP contribution in [0.15, 0.2) is 35.1 Å². The Morgan fingerprint density at radius 2 is 1.93 bits per heavy atom. The quantitative estimate of drug-likeness (QED) is 0.618. The number of amides is 2. The van der Waals surface area contributed by atoms with Gasteiger partial charge in [0, 0.05) is 51.2 Å². The summed E-state index contributed by atoms with van der Waals surface area (Å²) in [5, 5.41) is 13.0. The second-order valence-electron chi connectivity index (χ2n) is 7.48. The number of aromatic nitrogens is 3. The molecule has 2 saturated heterocycles. The maximum Gasteiger partial charge on any atom is 0.340 e. The highest BCUT2D eigenvalue weighted by molar-refractivity contribution is 5.77. The minimum absolute atomic E-state index is 0.0224. The van der Waals surface area contributed by atoms with Crippen LogP contribution in [0.4, 0.5) is 0 Å². The Morgan fingerprint density at radius 3 is 2.53 bits per heavy atom. The Kier molecular flexibility index (Phi) is 6.65. The van der Waals surface area contributed by atoms with Crippen molar-refractivity contribution in [3.8, 4) is 0 Å². The Balaban J connectivity index is 0.000000806. The number of benzene rings is 1. The number of hydrogen-bond donors (Lipinski definition) is 3. The van der Waals surface area contributed by atoms with Crippen molar-refractivity contribution in [1.82, 2.24) is 25.0 Å². The first-order valence-electron chi connectivity index (χ1n) is 9.76. The van der Waals surface area contributed by atoms with E-state index in [0.717, 1.165) is 5.56 Å². The summed E-state index contributed by atoms with van der Waals surface area (Å²) in [5.41, 5.74) is 0.770. The van der Waals surface area contributed by atoms with Crippen LogP contribution in [0.3, 0.4) is 0 Å². The molecular formula is C20H25N5O5. The molecule has 0 bridgehead atoms. The van der Waals surface area contributed by atoms with Gasteiger partial charge in [0.2, 0.25) is 11.8 Å². The number of carbonyl (C=O) groups excluding carboxylic acids is 2. The van der Waals surface area contributed by atoms with Crippen LogP contribution in [0.1, 0.15) is 30.8 Å². The number of carboxylic acid groups (broad SMARTS) is 1. The highest BCUT2D eigenvalue weighted by Crippen LogP contribution is 2.45. The fraction of sp³-hybridized carbons (Fsp3) is 0.450. The van der Waals surface area contributed by atoms with Crippen LogP contribution in [-0.4, -0.2) is 68.0 Å². The van der Waals surface area contributed by atoms with Crippen molar-refractivity contribution >= 4 is 18.3 Å². The predicted molar refractivity (Wildman–Crippen MR) is 106 cm³/mol. The lowest BCUT2D eigenvalue weighted by molar-refractivity contribution is -0.132. The van der Waals surface area contributed by atoms with Gasteiger partial charge in [-0.2, -0.15) is 5.10 Å². The van der Waals surface area contributed by atoms with Gasteiger partial charge < -0.3 is 14.9 Å². The molecule has 0 aliphatic carbocycles. The second-order valence-corrected chi connectivity index (χ2v) is 7.48. The van der Waals surface area contributed by atoms with E-state index in [2.05, 4.69) is 27.3 Å². The largest absolute Gasteiger partial charge is 0.483 e. The van der Waals surface area contributed by atoms with Gasteiger partial charge in [0.1, 0.15) is 5.82 Å². The van der Waals surface area contributed by atoms with Crippen molar-refractivity contribution in [2.45, 2.75) is 25.8 Å². The number of hydrogen-bond acceptors (Lipinski definition) is 5. The van der Waals surface area contributed by atoms with Gasteiger partial charge >= 0.3 is 5.69 Å². The SMILES string of the molecule is CC(=O)N1C[C@H]2CN(C(=O)CCc3n[nH]c(=O)[nH]3)C[C@H]2[C@@H]1c1ccccc1.O=CO. The zero-order chi connectivity index (χ0) is 21.7. The highest BCUT2D eigenvalue weighted by atomic mass is 16.3. The monoisotopic (exact) mass is 415 g/mol. The van der Waals surface area contributed by atoms with Crippen LogP contribution in [-0.2, 0) is 20.8 Å². The average molecular weight is 415 g/mol. The van der Waals surface area contributed by atoms with Gasteiger partial charge in [-0.15, -0.1) is 0 Å². The van der Waals surface area contributed by atoms with Crippen LogP contribution >= 0.6 is 0 Å². The molecule has 0 spiro atoms. The summed E-state index contributed by atoms with van der Waals surface area (Å²) < 4.78 is 0. The van der Waals surface area contributed by atoms with E-state index in [-0.39, 0.29) is 35.9 Å². The van der Waals surface area contributed by atoms with Crippen molar-refractivity contribution < 1.29 is 19.5 Å². The lowest BCUT2D eigenvalue weighted by Crippen LogP contribution is -2.36. The van der Waals surface area contributed by atoms with Gasteiger partial charge in [-0.25, -0.2) is 9.89 Å². The Labute approximate surface area is 172 Å². The molecule has 3 atom stereocenters. The standard InChI is InChI=1S/C19H23N5O3.CH2O2/c1-12(25)24-10-14-9-23(17(26)8-7-16-20-19(27)22-21-16)11-15(14)18(24)13-5-3-2-4-6-13;2-1-3/h2-6,14-15,18H,7-11H2,1H3,(H2,20,21,22,27);1H,(H,2,3)/t14-,15-,18+;/m1./s1. The zero-order valence-corrected chi connectivity index (χ0v) is 16.7. The fourth-order valence-corrected chi connectivity index (χ4v) is 4.46.